The van der Waals surface area contributed by atoms with Crippen molar-refractivity contribution in [2.45, 2.75) is 11.8 Å². The van der Waals surface area contributed by atoms with Gasteiger partial charge < -0.3 is 10.5 Å². The first-order valence-electron chi connectivity index (χ1n) is 5.63. The maximum Gasteiger partial charge on any atom is 0.191 e. The number of aryl methyl sites for hydroxylation is 1. The fraction of sp³-hybridized carbons (Fsp3) is 0.0714. The van der Waals surface area contributed by atoms with Crippen molar-refractivity contribution in [2.75, 3.05) is 0 Å². The first-order chi connectivity index (χ1) is 9.32. The Bertz CT molecular complexity index is 688. The molecule has 0 fully saturated rings. The van der Waals surface area contributed by atoms with Crippen molar-refractivity contribution < 1.29 is 45.9 Å². The molecule has 2 rings (SSSR count). The summed E-state index contributed by atoms with van der Waals surface area (Å²) in [6.45, 7) is 1.69. The number of carbonyl (C=O) groups excluding carboxylic acids is 1. The van der Waals surface area contributed by atoms with Gasteiger partial charge in [0.25, 0.3) is 0 Å². The summed E-state index contributed by atoms with van der Waals surface area (Å²) in [5, 5.41) is 4.91. The molecule has 21 heavy (non-hydrogen) atoms. The van der Waals surface area contributed by atoms with Gasteiger partial charge in [-0.05, 0) is 10.5 Å². The molecule has 2 aromatic rings. The molecule has 0 aromatic heterocycles. The zero-order chi connectivity index (χ0) is 15.2. The Balaban J connectivity index is 0.000000370. The molecular formula is C14H14N2O3SY-2. The van der Waals surface area contributed by atoms with Gasteiger partial charge in [0.05, 0.1) is 5.91 Å². The largest absolute Gasteiger partial charge is 0.664 e. The van der Waals surface area contributed by atoms with Gasteiger partial charge in [-0.15, -0.1) is 5.56 Å². The Morgan fingerprint density at radius 3 is 2.10 bits per heavy atom. The first kappa shape index (κ1) is 19.9. The minimum atomic E-state index is -3.56. The van der Waals surface area contributed by atoms with E-state index in [-0.39, 0.29) is 37.6 Å². The Morgan fingerprint density at radius 2 is 1.76 bits per heavy atom. The molecule has 0 aliphatic rings. The molecule has 0 aliphatic carbocycles. The van der Waals surface area contributed by atoms with Gasteiger partial charge in [-0.25, -0.2) is 13.6 Å². The van der Waals surface area contributed by atoms with E-state index in [1.807, 2.05) is 6.07 Å². The molecule has 0 heterocycles. The summed E-state index contributed by atoms with van der Waals surface area (Å²) in [7, 11) is -3.56. The van der Waals surface area contributed by atoms with Crippen molar-refractivity contribution in [1.82, 2.24) is 0 Å². The van der Waals surface area contributed by atoms with Gasteiger partial charge in [-0.2, -0.15) is 24.3 Å². The minimum absolute atomic E-state index is 0. The number of amides is 1. The summed E-state index contributed by atoms with van der Waals surface area (Å²) in [4.78, 5) is 10.5. The average molecular weight is 379 g/mol. The molecule has 0 saturated carbocycles. The normalized spacial score (nSPS) is 9.81. The molecule has 1 amide bonds. The molecule has 0 bridgehead atoms. The van der Waals surface area contributed by atoms with E-state index in [2.05, 4.69) is 6.07 Å². The summed E-state index contributed by atoms with van der Waals surface area (Å²) < 4.78 is 21.6. The number of hydrogen-bond acceptors (Lipinski definition) is 3. The van der Waals surface area contributed by atoms with Crippen LogP contribution in [0.1, 0.15) is 15.9 Å². The Hall–Kier alpha value is -1.08. The van der Waals surface area contributed by atoms with Gasteiger partial charge in [0.1, 0.15) is 0 Å². The maximum atomic E-state index is 10.8. The van der Waals surface area contributed by atoms with Crippen molar-refractivity contribution in [3.63, 3.8) is 0 Å². The zero-order valence-corrected chi connectivity index (χ0v) is 15.1. The predicted octanol–water partition coefficient (Wildman–Crippen LogP) is 2.32. The van der Waals surface area contributed by atoms with Gasteiger partial charge in [0.2, 0.25) is 0 Å². The quantitative estimate of drug-likeness (QED) is 0.811. The number of sulfonamides is 1. The molecule has 0 spiro atoms. The second-order valence-corrected chi connectivity index (χ2v) is 5.46. The molecule has 0 atom stereocenters. The van der Waals surface area contributed by atoms with Gasteiger partial charge in [-0.3, -0.25) is 0 Å². The van der Waals surface area contributed by atoms with Crippen LogP contribution in [0.15, 0.2) is 53.4 Å². The molecule has 0 aliphatic heterocycles. The third kappa shape index (κ3) is 6.95. The second-order valence-electron chi connectivity index (χ2n) is 3.93. The number of nitrogens with two attached hydrogens (primary N) is 1. The topological polar surface area (TPSA) is 101 Å². The van der Waals surface area contributed by atoms with Crippen LogP contribution in [-0.4, -0.2) is 14.3 Å². The Kier molecular flexibility index (Phi) is 8.58. The molecular weight excluding hydrogens is 365 g/mol. The average Bonchev–Trinajstić information content (AvgIpc) is 2.39. The van der Waals surface area contributed by atoms with E-state index in [0.29, 0.717) is 11.1 Å². The molecule has 0 unspecified atom stereocenters. The number of carbonyl (C=O) groups is 1. The number of benzene rings is 2. The molecule has 3 N–H and O–H groups in total. The van der Waals surface area contributed by atoms with Crippen molar-refractivity contribution in [1.29, 1.82) is 0 Å². The summed E-state index contributed by atoms with van der Waals surface area (Å²) in [6.07, 6.45) is 0. The van der Waals surface area contributed by atoms with Crippen LogP contribution in [-0.2, 0) is 42.7 Å². The SMILES string of the molecule is Cc1cc[c-]cc1S(N)(=O)=O.[NH-]C(=O)c1ccccc1.[Y]. The van der Waals surface area contributed by atoms with Crippen LogP contribution >= 0.6 is 0 Å². The summed E-state index contributed by atoms with van der Waals surface area (Å²) in [6, 6.07) is 15.8. The van der Waals surface area contributed by atoms with E-state index in [9.17, 15) is 13.2 Å². The van der Waals surface area contributed by atoms with Gasteiger partial charge >= 0.3 is 0 Å². The minimum Gasteiger partial charge on any atom is -0.664 e. The summed E-state index contributed by atoms with van der Waals surface area (Å²) >= 11 is 0. The molecule has 7 heteroatoms. The van der Waals surface area contributed by atoms with Crippen LogP contribution in [0.4, 0.5) is 0 Å². The van der Waals surface area contributed by atoms with E-state index in [1.165, 1.54) is 6.07 Å². The number of nitrogens with one attached hydrogen (secondary N) is 1. The van der Waals surface area contributed by atoms with E-state index in [4.69, 9.17) is 10.9 Å². The van der Waals surface area contributed by atoms with E-state index in [1.54, 1.807) is 43.3 Å². The van der Waals surface area contributed by atoms with Gasteiger partial charge in [0.15, 0.2) is 10.0 Å². The monoisotopic (exact) mass is 379 g/mol. The number of primary sulfonamides is 1. The van der Waals surface area contributed by atoms with E-state index >= 15 is 0 Å². The number of hydrogen-bond donors (Lipinski definition) is 1. The predicted molar refractivity (Wildman–Crippen MR) is 76.5 cm³/mol. The van der Waals surface area contributed by atoms with Crippen LogP contribution < -0.4 is 5.14 Å². The molecule has 1 radical (unpaired) electrons. The van der Waals surface area contributed by atoms with E-state index < -0.39 is 15.9 Å². The van der Waals surface area contributed by atoms with Crippen LogP contribution in [0.25, 0.3) is 5.73 Å². The molecule has 2 aromatic carbocycles. The first-order valence-corrected chi connectivity index (χ1v) is 7.17. The zero-order valence-electron chi connectivity index (χ0n) is 11.4. The summed E-state index contributed by atoms with van der Waals surface area (Å²) in [5.41, 5.74) is 7.77. The van der Waals surface area contributed by atoms with Crippen LogP contribution in [0.3, 0.4) is 0 Å². The standard InChI is InChI=1S/C7H8NO2S.C7H7NO.Y/c1-6-4-2-3-5-7(6)11(8,9)10;8-7(9)6-4-2-1-3-5-6;/h2,4-5H,1H3,(H2,8,9,10);1-5H,(H2,8,9);/q-1;;/p-1. The van der Waals surface area contributed by atoms with Gasteiger partial charge in [-0.1, -0.05) is 37.3 Å². The third-order valence-corrected chi connectivity index (χ3v) is 3.43. The van der Waals surface area contributed by atoms with Crippen LogP contribution in [0, 0.1) is 13.0 Å². The smallest absolute Gasteiger partial charge is 0.191 e. The van der Waals surface area contributed by atoms with Crippen molar-refractivity contribution in [2.24, 2.45) is 5.14 Å². The van der Waals surface area contributed by atoms with Crippen molar-refractivity contribution in [3.8, 4) is 0 Å². The molecule has 5 nitrogen and oxygen atoms in total. The van der Waals surface area contributed by atoms with Crippen LogP contribution in [0.5, 0.6) is 0 Å². The fourth-order valence-corrected chi connectivity index (χ4v) is 2.14. The van der Waals surface area contributed by atoms with Crippen molar-refractivity contribution >= 4 is 15.9 Å². The maximum absolute atomic E-state index is 10.8. The fourth-order valence-electron chi connectivity index (χ4n) is 1.39. The van der Waals surface area contributed by atoms with E-state index in [0.717, 1.165) is 0 Å². The number of rotatable bonds is 2. The third-order valence-electron chi connectivity index (χ3n) is 2.38. The van der Waals surface area contributed by atoms with Crippen molar-refractivity contribution in [3.05, 3.63) is 71.5 Å². The summed E-state index contributed by atoms with van der Waals surface area (Å²) in [5.74, 6) is -0.629. The van der Waals surface area contributed by atoms with Gasteiger partial charge in [0, 0.05) is 32.7 Å². The van der Waals surface area contributed by atoms with Crippen LogP contribution in [0.2, 0.25) is 0 Å². The second kappa shape index (κ2) is 9.05. The Labute approximate surface area is 149 Å². The molecule has 109 valence electrons. The Morgan fingerprint density at radius 1 is 1.19 bits per heavy atom. The molecule has 0 saturated heterocycles.